The van der Waals surface area contributed by atoms with Gasteiger partial charge in [-0.25, -0.2) is 4.79 Å². The van der Waals surface area contributed by atoms with Gasteiger partial charge in [0.25, 0.3) is 0 Å². The Balaban J connectivity index is 1.55. The van der Waals surface area contributed by atoms with Gasteiger partial charge in [0.2, 0.25) is 5.78 Å². The van der Waals surface area contributed by atoms with Crippen LogP contribution in [0.2, 0.25) is 5.02 Å². The van der Waals surface area contributed by atoms with Crippen LogP contribution < -0.4 is 4.74 Å². The number of nitro groups is 1. The van der Waals surface area contributed by atoms with Crippen molar-refractivity contribution in [3.63, 3.8) is 0 Å². The van der Waals surface area contributed by atoms with Crippen LogP contribution in [0.5, 0.6) is 5.75 Å². The molecule has 8 nitrogen and oxygen atoms in total. The van der Waals surface area contributed by atoms with Crippen LogP contribution in [0.25, 0.3) is 0 Å². The lowest BCUT2D eigenvalue weighted by molar-refractivity contribution is -0.385. The van der Waals surface area contributed by atoms with Crippen LogP contribution in [-0.4, -0.2) is 34.5 Å². The van der Waals surface area contributed by atoms with Gasteiger partial charge in [-0.3, -0.25) is 14.9 Å². The number of rotatable bonds is 10. The second-order valence-corrected chi connectivity index (χ2v) is 7.85. The third-order valence-electron chi connectivity index (χ3n) is 5.18. The van der Waals surface area contributed by atoms with E-state index < -0.39 is 24.1 Å². The van der Waals surface area contributed by atoms with Gasteiger partial charge in [-0.15, -0.1) is 0 Å². The van der Waals surface area contributed by atoms with Crippen molar-refractivity contribution in [2.24, 2.45) is 0 Å². The Morgan fingerprint density at radius 2 is 1.76 bits per heavy atom. The van der Waals surface area contributed by atoms with Gasteiger partial charge in [0.1, 0.15) is 0 Å². The minimum atomic E-state index is -0.793. The number of halogens is 1. The van der Waals surface area contributed by atoms with Gasteiger partial charge in [0.05, 0.1) is 4.92 Å². The zero-order valence-electron chi connectivity index (χ0n) is 18.2. The Labute approximate surface area is 195 Å². The highest BCUT2D eigenvalue weighted by Gasteiger charge is 2.19. The zero-order chi connectivity index (χ0) is 24.0. The number of hydrogen-bond donors (Lipinski definition) is 0. The summed E-state index contributed by atoms with van der Waals surface area (Å²) in [4.78, 5) is 35.0. The number of esters is 1. The maximum absolute atomic E-state index is 12.6. The van der Waals surface area contributed by atoms with Crippen LogP contribution in [0.1, 0.15) is 27.3 Å². The standard InChI is InChI=1S/C24H23ClN2O6/c1-16-13-20(17(2)26(16)12-11-18-7-9-19(25)10-8-18)22(28)14-33-24(29)15-32-23-6-4-3-5-21(23)27(30)31/h3-10,13H,11-12,14-15H2,1-2H3. The molecule has 33 heavy (non-hydrogen) atoms. The number of nitrogens with zero attached hydrogens (tertiary/aromatic N) is 2. The molecular formula is C24H23ClN2O6. The van der Waals surface area contributed by atoms with Crippen LogP contribution >= 0.6 is 11.6 Å². The number of aromatic nitrogens is 1. The molecule has 0 aliphatic heterocycles. The molecule has 0 amide bonds. The van der Waals surface area contributed by atoms with Gasteiger partial charge in [0.15, 0.2) is 19.0 Å². The Hall–Kier alpha value is -3.65. The lowest BCUT2D eigenvalue weighted by Crippen LogP contribution is -2.20. The molecule has 0 bridgehead atoms. The van der Waals surface area contributed by atoms with Crippen molar-refractivity contribution in [3.05, 3.63) is 92.2 Å². The van der Waals surface area contributed by atoms with E-state index in [0.29, 0.717) is 17.1 Å². The Morgan fingerprint density at radius 3 is 2.45 bits per heavy atom. The van der Waals surface area contributed by atoms with Crippen molar-refractivity contribution in [3.8, 4) is 5.75 Å². The molecule has 1 heterocycles. The molecule has 0 aliphatic rings. The summed E-state index contributed by atoms with van der Waals surface area (Å²) in [5.74, 6) is -1.17. The minimum absolute atomic E-state index is 0.0463. The Morgan fingerprint density at radius 1 is 1.06 bits per heavy atom. The first-order valence-corrected chi connectivity index (χ1v) is 10.6. The second-order valence-electron chi connectivity index (χ2n) is 7.41. The highest BCUT2D eigenvalue weighted by Crippen LogP contribution is 2.25. The first-order valence-electron chi connectivity index (χ1n) is 10.2. The van der Waals surface area contributed by atoms with Gasteiger partial charge in [-0.2, -0.15) is 0 Å². The summed E-state index contributed by atoms with van der Waals surface area (Å²) in [7, 11) is 0. The van der Waals surface area contributed by atoms with Crippen molar-refractivity contribution >= 4 is 29.0 Å². The van der Waals surface area contributed by atoms with Crippen molar-refractivity contribution < 1.29 is 24.0 Å². The molecule has 0 fully saturated rings. The number of para-hydroxylation sites is 2. The molecule has 2 aromatic carbocycles. The van der Waals surface area contributed by atoms with E-state index in [-0.39, 0.29) is 17.2 Å². The number of Topliss-reactive ketones (excluding diaryl/α,β-unsaturated/α-hetero) is 1. The molecule has 0 radical (unpaired) electrons. The monoisotopic (exact) mass is 470 g/mol. The van der Waals surface area contributed by atoms with Gasteiger partial charge in [-0.05, 0) is 50.1 Å². The summed E-state index contributed by atoms with van der Waals surface area (Å²) >= 11 is 5.93. The van der Waals surface area contributed by atoms with Crippen LogP contribution in [-0.2, 0) is 22.5 Å². The fourth-order valence-electron chi connectivity index (χ4n) is 3.45. The third-order valence-corrected chi connectivity index (χ3v) is 5.44. The summed E-state index contributed by atoms with van der Waals surface area (Å²) in [6.45, 7) is 3.47. The highest BCUT2D eigenvalue weighted by molar-refractivity contribution is 6.30. The van der Waals surface area contributed by atoms with Crippen LogP contribution in [0, 0.1) is 24.0 Å². The number of ketones is 1. The van der Waals surface area contributed by atoms with Gasteiger partial charge >= 0.3 is 11.7 Å². The number of hydrogen-bond acceptors (Lipinski definition) is 6. The Bertz CT molecular complexity index is 1170. The van der Waals surface area contributed by atoms with Gasteiger partial charge in [-0.1, -0.05) is 35.9 Å². The van der Waals surface area contributed by atoms with Crippen molar-refractivity contribution in [1.82, 2.24) is 4.57 Å². The highest BCUT2D eigenvalue weighted by atomic mass is 35.5. The summed E-state index contributed by atoms with van der Waals surface area (Å²) in [5, 5.41) is 11.7. The topological polar surface area (TPSA) is 101 Å². The number of nitro benzene ring substituents is 1. The minimum Gasteiger partial charge on any atom is -0.475 e. The van der Waals surface area contributed by atoms with Crippen molar-refractivity contribution in [2.75, 3.05) is 13.2 Å². The van der Waals surface area contributed by atoms with Crippen LogP contribution in [0.15, 0.2) is 54.6 Å². The fourth-order valence-corrected chi connectivity index (χ4v) is 3.58. The molecule has 3 rings (SSSR count). The van der Waals surface area contributed by atoms with Crippen molar-refractivity contribution in [2.45, 2.75) is 26.8 Å². The smallest absolute Gasteiger partial charge is 0.344 e. The van der Waals surface area contributed by atoms with Gasteiger partial charge < -0.3 is 14.0 Å². The number of ether oxygens (including phenoxy) is 2. The molecule has 0 saturated carbocycles. The molecule has 0 N–H and O–H groups in total. The zero-order valence-corrected chi connectivity index (χ0v) is 19.0. The number of aryl methyl sites for hydroxylation is 2. The van der Waals surface area contributed by atoms with Crippen LogP contribution in [0.3, 0.4) is 0 Å². The predicted octanol–water partition coefficient (Wildman–Crippen LogP) is 4.71. The Kier molecular flexibility index (Phi) is 7.84. The molecule has 0 saturated heterocycles. The number of benzene rings is 2. The molecular weight excluding hydrogens is 448 g/mol. The van der Waals surface area contributed by atoms with E-state index in [2.05, 4.69) is 0 Å². The molecule has 9 heteroatoms. The number of carbonyl (C=O) groups is 2. The summed E-state index contributed by atoms with van der Waals surface area (Å²) in [6.07, 6.45) is 0.777. The first kappa shape index (κ1) is 24.0. The average Bonchev–Trinajstić information content (AvgIpc) is 3.09. The maximum Gasteiger partial charge on any atom is 0.344 e. The van der Waals surface area contributed by atoms with Crippen molar-refractivity contribution in [1.29, 1.82) is 0 Å². The normalized spacial score (nSPS) is 10.6. The van der Waals surface area contributed by atoms with E-state index in [4.69, 9.17) is 21.1 Å². The van der Waals surface area contributed by atoms with E-state index in [1.807, 2.05) is 42.7 Å². The van der Waals surface area contributed by atoms with Crippen LogP contribution in [0.4, 0.5) is 5.69 Å². The van der Waals surface area contributed by atoms with E-state index in [1.54, 1.807) is 12.1 Å². The average molecular weight is 471 g/mol. The molecule has 0 unspecified atom stereocenters. The second kappa shape index (κ2) is 10.8. The maximum atomic E-state index is 12.6. The third kappa shape index (κ3) is 6.20. The fraction of sp³-hybridized carbons (Fsp3) is 0.250. The molecule has 1 aromatic heterocycles. The van der Waals surface area contributed by atoms with E-state index in [1.165, 1.54) is 18.2 Å². The SMILES string of the molecule is Cc1cc(C(=O)COC(=O)COc2ccccc2[N+](=O)[O-])c(C)n1CCc1ccc(Cl)cc1. The summed E-state index contributed by atoms with van der Waals surface area (Å²) in [5.41, 5.74) is 3.07. The number of carbonyl (C=O) groups excluding carboxylic acids is 2. The molecule has 0 spiro atoms. The lowest BCUT2D eigenvalue weighted by atomic mass is 10.1. The van der Waals surface area contributed by atoms with Gasteiger partial charge in [0, 0.05) is 34.6 Å². The van der Waals surface area contributed by atoms with E-state index >= 15 is 0 Å². The predicted molar refractivity (Wildman–Crippen MR) is 123 cm³/mol. The largest absolute Gasteiger partial charge is 0.475 e. The lowest BCUT2D eigenvalue weighted by Gasteiger charge is -2.10. The summed E-state index contributed by atoms with van der Waals surface area (Å²) < 4.78 is 12.2. The quantitative estimate of drug-likeness (QED) is 0.184. The molecule has 3 aromatic rings. The summed E-state index contributed by atoms with van der Waals surface area (Å²) in [6, 6.07) is 15.1. The van der Waals surface area contributed by atoms with E-state index in [0.717, 1.165) is 23.4 Å². The molecule has 0 atom stereocenters. The van der Waals surface area contributed by atoms with E-state index in [9.17, 15) is 19.7 Å². The first-order chi connectivity index (χ1) is 15.8. The molecule has 0 aliphatic carbocycles. The molecule has 172 valence electrons.